The third-order valence-electron chi connectivity index (χ3n) is 4.86. The first-order chi connectivity index (χ1) is 10.2. The van der Waals surface area contributed by atoms with Crippen LogP contribution in [0.3, 0.4) is 0 Å². The van der Waals surface area contributed by atoms with Crippen molar-refractivity contribution in [1.82, 2.24) is 0 Å². The van der Waals surface area contributed by atoms with Crippen molar-refractivity contribution in [2.75, 3.05) is 38.4 Å². The van der Waals surface area contributed by atoms with Gasteiger partial charge in [0.1, 0.15) is 5.75 Å². The van der Waals surface area contributed by atoms with Gasteiger partial charge in [-0.25, -0.2) is 0 Å². The minimum absolute atomic E-state index is 0.0942. The first kappa shape index (κ1) is 14.7. The van der Waals surface area contributed by atoms with Crippen molar-refractivity contribution >= 4 is 5.69 Å². The van der Waals surface area contributed by atoms with Crippen LogP contribution >= 0.6 is 0 Å². The molecule has 1 heterocycles. The Bertz CT molecular complexity index is 460. The number of benzene rings is 1. The molecule has 4 nitrogen and oxygen atoms in total. The summed E-state index contributed by atoms with van der Waals surface area (Å²) in [5.41, 5.74) is 1.11. The third kappa shape index (κ3) is 3.01. The molecule has 1 aliphatic heterocycles. The van der Waals surface area contributed by atoms with Crippen molar-refractivity contribution in [1.29, 1.82) is 0 Å². The van der Waals surface area contributed by atoms with Crippen molar-refractivity contribution < 1.29 is 14.6 Å². The van der Waals surface area contributed by atoms with Crippen LogP contribution in [0.1, 0.15) is 19.8 Å². The maximum absolute atomic E-state index is 9.72. The van der Waals surface area contributed by atoms with Gasteiger partial charge >= 0.3 is 0 Å². The molecule has 2 aliphatic rings. The Kier molecular flexibility index (Phi) is 4.09. The summed E-state index contributed by atoms with van der Waals surface area (Å²) in [4.78, 5) is 2.44. The maximum atomic E-state index is 9.72. The van der Waals surface area contributed by atoms with Crippen LogP contribution in [0.2, 0.25) is 0 Å². The largest absolute Gasteiger partial charge is 0.497 e. The Morgan fingerprint density at radius 1 is 1.33 bits per heavy atom. The highest BCUT2D eigenvalue weighted by atomic mass is 16.5. The summed E-state index contributed by atoms with van der Waals surface area (Å²) >= 11 is 0. The molecule has 0 aromatic heterocycles. The molecule has 0 radical (unpaired) electrons. The highest BCUT2D eigenvalue weighted by molar-refractivity contribution is 5.50. The van der Waals surface area contributed by atoms with Crippen molar-refractivity contribution in [2.45, 2.75) is 25.8 Å². The fraction of sp³-hybridized carbons (Fsp3) is 0.647. The number of aliphatic hydroxyl groups is 1. The molecule has 2 fully saturated rings. The zero-order valence-electron chi connectivity index (χ0n) is 12.9. The average molecular weight is 291 g/mol. The first-order valence-electron chi connectivity index (χ1n) is 7.77. The van der Waals surface area contributed by atoms with Crippen LogP contribution in [0, 0.1) is 11.3 Å². The number of aliphatic hydroxyl groups excluding tert-OH is 1. The molecule has 116 valence electrons. The molecule has 1 N–H and O–H groups in total. The van der Waals surface area contributed by atoms with E-state index in [1.54, 1.807) is 7.11 Å². The molecule has 1 aromatic rings. The summed E-state index contributed by atoms with van der Waals surface area (Å²) in [6, 6.07) is 8.74. The third-order valence-corrected chi connectivity index (χ3v) is 4.86. The van der Waals surface area contributed by atoms with Crippen LogP contribution < -0.4 is 9.64 Å². The minimum Gasteiger partial charge on any atom is -0.497 e. The van der Waals surface area contributed by atoms with Crippen LogP contribution in [-0.4, -0.2) is 44.6 Å². The highest BCUT2D eigenvalue weighted by Gasteiger charge is 2.42. The Hall–Kier alpha value is -1.26. The fourth-order valence-electron chi connectivity index (χ4n) is 3.06. The molecule has 1 atom stereocenters. The molecule has 3 rings (SSSR count). The molecule has 1 unspecified atom stereocenters. The normalized spacial score (nSPS) is 21.5. The Morgan fingerprint density at radius 2 is 2.00 bits per heavy atom. The number of hydrogen-bond acceptors (Lipinski definition) is 4. The molecule has 1 aliphatic carbocycles. The Labute approximate surface area is 126 Å². The van der Waals surface area contributed by atoms with Gasteiger partial charge in [-0.05, 0) is 49.9 Å². The molecule has 0 bridgehead atoms. The van der Waals surface area contributed by atoms with E-state index in [-0.39, 0.29) is 12.0 Å². The van der Waals surface area contributed by atoms with E-state index in [0.717, 1.165) is 18.2 Å². The maximum Gasteiger partial charge on any atom is 0.119 e. The summed E-state index contributed by atoms with van der Waals surface area (Å²) in [5, 5.41) is 9.72. The zero-order valence-corrected chi connectivity index (χ0v) is 12.9. The standard InChI is InChI=1S/C17H25NO3/c1-13(14-3-4-14)18(9-17(10-19)11-21-12-17)15-5-7-16(20-2)8-6-15/h5-8,13-14,19H,3-4,9-12H2,1-2H3. The van der Waals surface area contributed by atoms with Gasteiger partial charge in [-0.2, -0.15) is 0 Å². The lowest BCUT2D eigenvalue weighted by atomic mass is 9.85. The lowest BCUT2D eigenvalue weighted by molar-refractivity contribution is -0.131. The fourth-order valence-corrected chi connectivity index (χ4v) is 3.06. The number of methoxy groups -OCH3 is 1. The average Bonchev–Trinajstić information content (AvgIpc) is 3.31. The van der Waals surface area contributed by atoms with Crippen LogP contribution in [0.4, 0.5) is 5.69 Å². The molecule has 21 heavy (non-hydrogen) atoms. The molecule has 4 heteroatoms. The Morgan fingerprint density at radius 3 is 2.43 bits per heavy atom. The first-order valence-corrected chi connectivity index (χ1v) is 7.77. The second-order valence-electron chi connectivity index (χ2n) is 6.55. The smallest absolute Gasteiger partial charge is 0.119 e. The summed E-state index contributed by atoms with van der Waals surface area (Å²) in [5.74, 6) is 1.66. The highest BCUT2D eigenvalue weighted by Crippen LogP contribution is 2.39. The van der Waals surface area contributed by atoms with E-state index in [0.29, 0.717) is 19.3 Å². The number of hydrogen-bond donors (Lipinski definition) is 1. The number of rotatable bonds is 7. The van der Waals surface area contributed by atoms with Crippen LogP contribution in [-0.2, 0) is 4.74 Å². The van der Waals surface area contributed by atoms with Gasteiger partial charge in [0, 0.05) is 18.3 Å². The van der Waals surface area contributed by atoms with Gasteiger partial charge in [-0.3, -0.25) is 0 Å². The summed E-state index contributed by atoms with van der Waals surface area (Å²) in [6.07, 6.45) is 2.63. The predicted molar refractivity (Wildman–Crippen MR) is 82.9 cm³/mol. The monoisotopic (exact) mass is 291 g/mol. The van der Waals surface area contributed by atoms with E-state index in [9.17, 15) is 5.11 Å². The van der Waals surface area contributed by atoms with E-state index in [1.807, 2.05) is 12.1 Å². The van der Waals surface area contributed by atoms with Crippen LogP contribution in [0.15, 0.2) is 24.3 Å². The molecule has 0 amide bonds. The zero-order chi connectivity index (χ0) is 14.9. The topological polar surface area (TPSA) is 41.9 Å². The minimum atomic E-state index is -0.0942. The molecule has 1 saturated heterocycles. The van der Waals surface area contributed by atoms with Gasteiger partial charge in [-0.1, -0.05) is 0 Å². The van der Waals surface area contributed by atoms with E-state index in [2.05, 4.69) is 24.0 Å². The SMILES string of the molecule is COc1ccc(N(CC2(CO)COC2)C(C)C2CC2)cc1. The van der Waals surface area contributed by atoms with E-state index >= 15 is 0 Å². The van der Waals surface area contributed by atoms with Gasteiger partial charge in [0.15, 0.2) is 0 Å². The molecule has 0 spiro atoms. The molecular formula is C17H25NO3. The Balaban J connectivity index is 1.80. The van der Waals surface area contributed by atoms with Crippen molar-refractivity contribution in [3.63, 3.8) is 0 Å². The summed E-state index contributed by atoms with van der Waals surface area (Å²) in [6.45, 7) is 4.66. The molecule has 1 saturated carbocycles. The van der Waals surface area contributed by atoms with E-state index < -0.39 is 0 Å². The number of ether oxygens (including phenoxy) is 2. The van der Waals surface area contributed by atoms with Gasteiger partial charge in [0.2, 0.25) is 0 Å². The van der Waals surface area contributed by atoms with Gasteiger partial charge in [-0.15, -0.1) is 0 Å². The van der Waals surface area contributed by atoms with E-state index in [4.69, 9.17) is 9.47 Å². The second-order valence-corrected chi connectivity index (χ2v) is 6.55. The van der Waals surface area contributed by atoms with E-state index in [1.165, 1.54) is 18.5 Å². The van der Waals surface area contributed by atoms with Gasteiger partial charge in [0.05, 0.1) is 32.3 Å². The van der Waals surface area contributed by atoms with Gasteiger partial charge < -0.3 is 19.5 Å². The quantitative estimate of drug-likeness (QED) is 0.837. The lowest BCUT2D eigenvalue weighted by Gasteiger charge is -2.46. The predicted octanol–water partition coefficient (Wildman–Crippen LogP) is 2.31. The van der Waals surface area contributed by atoms with Crippen molar-refractivity contribution in [3.8, 4) is 5.75 Å². The summed E-state index contributed by atoms with van der Waals surface area (Å²) < 4.78 is 10.6. The molecule has 1 aromatic carbocycles. The van der Waals surface area contributed by atoms with Crippen LogP contribution in [0.5, 0.6) is 5.75 Å². The van der Waals surface area contributed by atoms with Gasteiger partial charge in [0.25, 0.3) is 0 Å². The van der Waals surface area contributed by atoms with Crippen molar-refractivity contribution in [3.05, 3.63) is 24.3 Å². The van der Waals surface area contributed by atoms with Crippen molar-refractivity contribution in [2.24, 2.45) is 11.3 Å². The number of anilines is 1. The molecular weight excluding hydrogens is 266 g/mol. The number of nitrogens with zero attached hydrogens (tertiary/aromatic N) is 1. The lowest BCUT2D eigenvalue weighted by Crippen LogP contribution is -2.55. The second kappa shape index (κ2) is 5.85. The summed E-state index contributed by atoms with van der Waals surface area (Å²) in [7, 11) is 1.69. The van der Waals surface area contributed by atoms with Crippen LogP contribution in [0.25, 0.3) is 0 Å².